The van der Waals surface area contributed by atoms with Gasteiger partial charge >= 0.3 is 0 Å². The number of unbranched alkanes of at least 4 members (excludes halogenated alkanes) is 3. The molecule has 0 aliphatic heterocycles. The molecule has 0 aliphatic rings. The fourth-order valence-electron chi connectivity index (χ4n) is 2.67. The highest BCUT2D eigenvalue weighted by atomic mass is 15.3. The Kier molecular flexibility index (Phi) is 5.60. The number of fused-ring (bicyclic) bond motifs is 1. The van der Waals surface area contributed by atoms with Crippen molar-refractivity contribution in [2.75, 3.05) is 0 Å². The van der Waals surface area contributed by atoms with Crippen LogP contribution in [0.3, 0.4) is 0 Å². The number of benzene rings is 1. The van der Waals surface area contributed by atoms with Crippen LogP contribution in [-0.4, -0.2) is 15.8 Å². The second-order valence-electron chi connectivity index (χ2n) is 5.72. The van der Waals surface area contributed by atoms with E-state index in [4.69, 9.17) is 0 Å². The molecule has 1 N–H and O–H groups in total. The Labute approximate surface area is 122 Å². The van der Waals surface area contributed by atoms with Gasteiger partial charge in [0.25, 0.3) is 0 Å². The highest BCUT2D eigenvalue weighted by Gasteiger charge is 2.08. The molecule has 0 fully saturated rings. The summed E-state index contributed by atoms with van der Waals surface area (Å²) in [5, 5.41) is 9.50. The van der Waals surface area contributed by atoms with Crippen molar-refractivity contribution in [1.82, 2.24) is 15.1 Å². The van der Waals surface area contributed by atoms with Crippen LogP contribution in [0.15, 0.2) is 24.3 Å². The summed E-state index contributed by atoms with van der Waals surface area (Å²) >= 11 is 0. The minimum absolute atomic E-state index is 0.563. The molecule has 0 amide bonds. The van der Waals surface area contributed by atoms with Crippen molar-refractivity contribution in [3.63, 3.8) is 0 Å². The topological polar surface area (TPSA) is 29.9 Å². The summed E-state index contributed by atoms with van der Waals surface area (Å²) in [6.45, 7) is 5.39. The van der Waals surface area contributed by atoms with Crippen molar-refractivity contribution < 1.29 is 0 Å². The number of hydrogen-bond donors (Lipinski definition) is 1. The van der Waals surface area contributed by atoms with E-state index in [0.717, 1.165) is 12.2 Å². The van der Waals surface area contributed by atoms with Gasteiger partial charge in [-0.15, -0.1) is 0 Å². The van der Waals surface area contributed by atoms with Gasteiger partial charge in [-0.3, -0.25) is 4.68 Å². The van der Waals surface area contributed by atoms with Crippen molar-refractivity contribution in [1.29, 1.82) is 0 Å². The number of aromatic nitrogens is 2. The third kappa shape index (κ3) is 3.83. The van der Waals surface area contributed by atoms with Crippen LogP contribution in [0.4, 0.5) is 0 Å². The predicted octanol–water partition coefficient (Wildman–Crippen LogP) is 4.02. The van der Waals surface area contributed by atoms with Gasteiger partial charge in [-0.25, -0.2) is 0 Å². The van der Waals surface area contributed by atoms with Gasteiger partial charge in [-0.2, -0.15) is 5.10 Å². The van der Waals surface area contributed by atoms with Gasteiger partial charge in [0.15, 0.2) is 0 Å². The number of para-hydroxylation sites is 1. The number of nitrogens with zero attached hydrogens (tertiary/aromatic N) is 2. The number of aryl methyl sites for hydroxylation is 1. The standard InChI is InChI=1S/C17H27N3/c1-4-5-6-7-10-14(2)18-13-16-15-11-8-9-12-17(15)20(3)19-16/h8-9,11-12,14,18H,4-7,10,13H2,1-3H3. The van der Waals surface area contributed by atoms with E-state index >= 15 is 0 Å². The molecule has 20 heavy (non-hydrogen) atoms. The lowest BCUT2D eigenvalue weighted by Crippen LogP contribution is -2.25. The highest BCUT2D eigenvalue weighted by molar-refractivity contribution is 5.81. The van der Waals surface area contributed by atoms with E-state index in [1.54, 1.807) is 0 Å². The zero-order valence-corrected chi connectivity index (χ0v) is 13.0. The van der Waals surface area contributed by atoms with E-state index in [0.29, 0.717) is 6.04 Å². The lowest BCUT2D eigenvalue weighted by Gasteiger charge is -2.12. The normalized spacial score (nSPS) is 12.9. The Bertz CT molecular complexity index is 530. The van der Waals surface area contributed by atoms with Gasteiger partial charge in [-0.1, -0.05) is 50.8 Å². The first kappa shape index (κ1) is 15.0. The van der Waals surface area contributed by atoms with Crippen LogP contribution in [0.25, 0.3) is 10.9 Å². The number of rotatable bonds is 8. The van der Waals surface area contributed by atoms with Crippen molar-refractivity contribution in [3.8, 4) is 0 Å². The maximum absolute atomic E-state index is 4.63. The average molecular weight is 273 g/mol. The van der Waals surface area contributed by atoms with Crippen LogP contribution in [-0.2, 0) is 13.6 Å². The van der Waals surface area contributed by atoms with Crippen LogP contribution >= 0.6 is 0 Å². The van der Waals surface area contributed by atoms with Gasteiger partial charge in [0.1, 0.15) is 0 Å². The number of nitrogens with one attached hydrogen (secondary N) is 1. The van der Waals surface area contributed by atoms with Gasteiger partial charge in [-0.05, 0) is 19.4 Å². The van der Waals surface area contributed by atoms with Crippen LogP contribution in [0.1, 0.15) is 51.6 Å². The molecule has 0 bridgehead atoms. The quantitative estimate of drug-likeness (QED) is 0.736. The van der Waals surface area contributed by atoms with E-state index in [1.165, 1.54) is 43.0 Å². The van der Waals surface area contributed by atoms with Gasteiger partial charge in [0.2, 0.25) is 0 Å². The Morgan fingerprint density at radius 3 is 2.80 bits per heavy atom. The molecule has 0 spiro atoms. The van der Waals surface area contributed by atoms with Crippen LogP contribution in [0, 0.1) is 0 Å². The third-order valence-electron chi connectivity index (χ3n) is 3.94. The minimum Gasteiger partial charge on any atom is -0.309 e. The zero-order valence-electron chi connectivity index (χ0n) is 13.0. The first-order chi connectivity index (χ1) is 9.72. The molecule has 2 aromatic rings. The molecule has 2 rings (SSSR count). The fourth-order valence-corrected chi connectivity index (χ4v) is 2.67. The largest absolute Gasteiger partial charge is 0.309 e. The molecule has 0 aliphatic carbocycles. The maximum Gasteiger partial charge on any atom is 0.0841 e. The molecule has 3 nitrogen and oxygen atoms in total. The molecule has 110 valence electrons. The molecule has 3 heteroatoms. The molecular weight excluding hydrogens is 246 g/mol. The van der Waals surface area contributed by atoms with Crippen molar-refractivity contribution in [2.45, 2.75) is 58.5 Å². The fraction of sp³-hybridized carbons (Fsp3) is 0.588. The average Bonchev–Trinajstić information content (AvgIpc) is 2.79. The second kappa shape index (κ2) is 7.44. The summed E-state index contributed by atoms with van der Waals surface area (Å²) in [4.78, 5) is 0. The van der Waals surface area contributed by atoms with E-state index in [2.05, 4.69) is 48.5 Å². The molecule has 1 aromatic carbocycles. The Hall–Kier alpha value is -1.35. The van der Waals surface area contributed by atoms with E-state index < -0.39 is 0 Å². The maximum atomic E-state index is 4.63. The van der Waals surface area contributed by atoms with Gasteiger partial charge in [0, 0.05) is 25.0 Å². The van der Waals surface area contributed by atoms with Crippen LogP contribution in [0.5, 0.6) is 0 Å². The summed E-state index contributed by atoms with van der Waals surface area (Å²) in [5.74, 6) is 0. The van der Waals surface area contributed by atoms with Crippen molar-refractivity contribution in [3.05, 3.63) is 30.0 Å². The first-order valence-electron chi connectivity index (χ1n) is 7.86. The number of hydrogen-bond acceptors (Lipinski definition) is 2. The molecule has 1 atom stereocenters. The predicted molar refractivity (Wildman–Crippen MR) is 85.8 cm³/mol. The summed E-state index contributed by atoms with van der Waals surface area (Å²) < 4.78 is 1.97. The van der Waals surface area contributed by atoms with Crippen molar-refractivity contribution in [2.24, 2.45) is 7.05 Å². The molecule has 1 heterocycles. The summed E-state index contributed by atoms with van der Waals surface area (Å²) in [6.07, 6.45) is 6.60. The minimum atomic E-state index is 0.563. The van der Waals surface area contributed by atoms with Crippen molar-refractivity contribution >= 4 is 10.9 Å². The molecule has 0 radical (unpaired) electrons. The molecular formula is C17H27N3. The Morgan fingerprint density at radius 1 is 1.20 bits per heavy atom. The van der Waals surface area contributed by atoms with E-state index in [9.17, 15) is 0 Å². The second-order valence-corrected chi connectivity index (χ2v) is 5.72. The molecule has 1 unspecified atom stereocenters. The zero-order chi connectivity index (χ0) is 14.4. The smallest absolute Gasteiger partial charge is 0.0841 e. The Balaban J connectivity index is 1.86. The lowest BCUT2D eigenvalue weighted by molar-refractivity contribution is 0.479. The summed E-state index contributed by atoms with van der Waals surface area (Å²) in [6, 6.07) is 9.00. The monoisotopic (exact) mass is 273 g/mol. The molecule has 0 saturated carbocycles. The lowest BCUT2D eigenvalue weighted by atomic mass is 10.1. The third-order valence-corrected chi connectivity index (χ3v) is 3.94. The summed E-state index contributed by atoms with van der Waals surface area (Å²) in [7, 11) is 2.01. The Morgan fingerprint density at radius 2 is 2.00 bits per heavy atom. The van der Waals surface area contributed by atoms with Crippen LogP contribution in [0.2, 0.25) is 0 Å². The molecule has 1 aromatic heterocycles. The SMILES string of the molecule is CCCCCCC(C)NCc1nn(C)c2ccccc12. The van der Waals surface area contributed by atoms with Gasteiger partial charge in [0.05, 0.1) is 11.2 Å². The highest BCUT2D eigenvalue weighted by Crippen LogP contribution is 2.17. The van der Waals surface area contributed by atoms with E-state index in [-0.39, 0.29) is 0 Å². The van der Waals surface area contributed by atoms with Crippen LogP contribution < -0.4 is 5.32 Å². The first-order valence-corrected chi connectivity index (χ1v) is 7.86. The molecule has 0 saturated heterocycles. The van der Waals surface area contributed by atoms with Gasteiger partial charge < -0.3 is 5.32 Å². The summed E-state index contributed by atoms with van der Waals surface area (Å²) in [5.41, 5.74) is 2.36. The van der Waals surface area contributed by atoms with E-state index in [1.807, 2.05) is 11.7 Å².